The summed E-state index contributed by atoms with van der Waals surface area (Å²) >= 11 is 0. The van der Waals surface area contributed by atoms with Gasteiger partial charge in [0.1, 0.15) is 5.75 Å². The lowest BCUT2D eigenvalue weighted by molar-refractivity contribution is 0.102. The van der Waals surface area contributed by atoms with E-state index in [2.05, 4.69) is 10.1 Å². The maximum Gasteiger partial charge on any atom is 0.258 e. The normalized spacial score (nSPS) is 10.2. The van der Waals surface area contributed by atoms with E-state index in [1.54, 1.807) is 12.1 Å². The van der Waals surface area contributed by atoms with Crippen LogP contribution in [0.2, 0.25) is 0 Å². The zero-order valence-corrected chi connectivity index (χ0v) is 11.7. The van der Waals surface area contributed by atoms with Crippen LogP contribution in [0.3, 0.4) is 0 Å². The van der Waals surface area contributed by atoms with Crippen molar-refractivity contribution in [2.24, 2.45) is 0 Å². The second kappa shape index (κ2) is 6.38. The molecule has 0 heterocycles. The molecule has 0 aliphatic rings. The second-order valence-corrected chi connectivity index (χ2v) is 4.25. The minimum absolute atomic E-state index is 0.342. The Morgan fingerprint density at radius 1 is 1.00 bits per heavy atom. The van der Waals surface area contributed by atoms with Crippen molar-refractivity contribution in [2.75, 3.05) is 19.5 Å². The van der Waals surface area contributed by atoms with Gasteiger partial charge in [0.15, 0.2) is 17.4 Å². The lowest BCUT2D eigenvalue weighted by atomic mass is 10.1. The Balaban J connectivity index is 2.31. The molecule has 1 amide bonds. The molecule has 0 atom stereocenters. The Morgan fingerprint density at radius 3 is 2.18 bits per heavy atom. The first-order valence-corrected chi connectivity index (χ1v) is 6.14. The van der Waals surface area contributed by atoms with E-state index in [9.17, 15) is 18.0 Å². The zero-order chi connectivity index (χ0) is 16.3. The molecule has 0 radical (unpaired) electrons. The molecule has 22 heavy (non-hydrogen) atoms. The Morgan fingerprint density at radius 2 is 1.64 bits per heavy atom. The number of amides is 1. The van der Waals surface area contributed by atoms with E-state index in [0.717, 1.165) is 7.11 Å². The molecule has 0 unspecified atom stereocenters. The lowest BCUT2D eigenvalue weighted by Gasteiger charge is -2.10. The number of methoxy groups -OCH3 is 2. The molecule has 0 bridgehead atoms. The van der Waals surface area contributed by atoms with E-state index in [1.807, 2.05) is 0 Å². The molecule has 0 aromatic heterocycles. The highest BCUT2D eigenvalue weighted by Crippen LogP contribution is 2.27. The lowest BCUT2D eigenvalue weighted by Crippen LogP contribution is -2.15. The van der Waals surface area contributed by atoms with Crippen LogP contribution in [0.15, 0.2) is 30.3 Å². The van der Waals surface area contributed by atoms with Crippen molar-refractivity contribution in [3.63, 3.8) is 0 Å². The van der Waals surface area contributed by atoms with Crippen LogP contribution in [0.1, 0.15) is 10.4 Å². The third-order valence-electron chi connectivity index (χ3n) is 2.91. The van der Waals surface area contributed by atoms with Gasteiger partial charge in [-0.05, 0) is 30.3 Å². The number of hydrogen-bond acceptors (Lipinski definition) is 3. The number of halogens is 3. The van der Waals surface area contributed by atoms with E-state index in [1.165, 1.54) is 19.2 Å². The Kier molecular flexibility index (Phi) is 4.55. The standard InChI is InChI=1S/C15H12F3NO3/c1-21-9-5-3-8(4-6-9)19-15(20)10-7-11(16)13(18)14(22-2)12(10)17/h3-7H,1-2H3,(H,19,20). The van der Waals surface area contributed by atoms with Crippen LogP contribution in [-0.2, 0) is 0 Å². The van der Waals surface area contributed by atoms with Gasteiger partial charge < -0.3 is 14.8 Å². The average molecular weight is 311 g/mol. The van der Waals surface area contributed by atoms with Crippen LogP contribution in [0.25, 0.3) is 0 Å². The molecule has 0 spiro atoms. The molecular weight excluding hydrogens is 299 g/mol. The average Bonchev–Trinajstić information content (AvgIpc) is 2.52. The molecule has 116 valence electrons. The third-order valence-corrected chi connectivity index (χ3v) is 2.91. The van der Waals surface area contributed by atoms with Crippen LogP contribution in [-0.4, -0.2) is 20.1 Å². The fourth-order valence-electron chi connectivity index (χ4n) is 1.80. The predicted molar refractivity (Wildman–Crippen MR) is 73.8 cm³/mol. The molecule has 0 saturated carbocycles. The van der Waals surface area contributed by atoms with Gasteiger partial charge in [-0.2, -0.15) is 4.39 Å². The van der Waals surface area contributed by atoms with Crippen molar-refractivity contribution in [3.05, 3.63) is 53.3 Å². The van der Waals surface area contributed by atoms with Crippen molar-refractivity contribution in [3.8, 4) is 11.5 Å². The van der Waals surface area contributed by atoms with E-state index in [0.29, 0.717) is 17.5 Å². The number of ether oxygens (including phenoxy) is 2. The summed E-state index contributed by atoms with van der Waals surface area (Å²) in [6.45, 7) is 0. The van der Waals surface area contributed by atoms with Gasteiger partial charge in [-0.3, -0.25) is 4.79 Å². The first kappa shape index (κ1) is 15.7. The zero-order valence-electron chi connectivity index (χ0n) is 11.7. The van der Waals surface area contributed by atoms with Gasteiger partial charge in [0.05, 0.1) is 19.8 Å². The summed E-state index contributed by atoms with van der Waals surface area (Å²) < 4.78 is 50.1. The van der Waals surface area contributed by atoms with Crippen LogP contribution >= 0.6 is 0 Å². The third kappa shape index (κ3) is 2.98. The van der Waals surface area contributed by atoms with Crippen LogP contribution in [0.5, 0.6) is 11.5 Å². The topological polar surface area (TPSA) is 47.6 Å². The molecule has 2 aromatic carbocycles. The van der Waals surface area contributed by atoms with Gasteiger partial charge in [-0.15, -0.1) is 0 Å². The minimum Gasteiger partial charge on any atom is -0.497 e. The van der Waals surface area contributed by atoms with Crippen LogP contribution in [0, 0.1) is 17.5 Å². The summed E-state index contributed by atoms with van der Waals surface area (Å²) in [5.74, 6) is -5.44. The van der Waals surface area contributed by atoms with E-state index >= 15 is 0 Å². The monoisotopic (exact) mass is 311 g/mol. The SMILES string of the molecule is COc1ccc(NC(=O)c2cc(F)c(F)c(OC)c2F)cc1. The maximum atomic E-state index is 14.0. The van der Waals surface area contributed by atoms with Gasteiger partial charge in [0.2, 0.25) is 5.82 Å². The number of carbonyl (C=O) groups excluding carboxylic acids is 1. The second-order valence-electron chi connectivity index (χ2n) is 4.25. The van der Waals surface area contributed by atoms with E-state index < -0.39 is 34.7 Å². The number of benzene rings is 2. The quantitative estimate of drug-likeness (QED) is 0.881. The molecule has 0 aliphatic heterocycles. The number of anilines is 1. The van der Waals surface area contributed by atoms with Crippen molar-refractivity contribution < 1.29 is 27.4 Å². The van der Waals surface area contributed by atoms with Gasteiger partial charge in [-0.1, -0.05) is 0 Å². The molecule has 1 N–H and O–H groups in total. The summed E-state index contributed by atoms with van der Waals surface area (Å²) in [5, 5.41) is 2.37. The smallest absolute Gasteiger partial charge is 0.258 e. The largest absolute Gasteiger partial charge is 0.497 e. The summed E-state index contributed by atoms with van der Waals surface area (Å²) in [6, 6.07) is 6.68. The highest BCUT2D eigenvalue weighted by Gasteiger charge is 2.23. The summed E-state index contributed by atoms with van der Waals surface area (Å²) in [5.41, 5.74) is -0.319. The van der Waals surface area contributed by atoms with Crippen molar-refractivity contribution in [1.82, 2.24) is 0 Å². The fourth-order valence-corrected chi connectivity index (χ4v) is 1.80. The Bertz CT molecular complexity index is 702. The van der Waals surface area contributed by atoms with Gasteiger partial charge >= 0.3 is 0 Å². The Labute approximate surface area is 124 Å². The molecule has 2 aromatic rings. The maximum absolute atomic E-state index is 14.0. The molecule has 4 nitrogen and oxygen atoms in total. The van der Waals surface area contributed by atoms with Crippen molar-refractivity contribution in [1.29, 1.82) is 0 Å². The highest BCUT2D eigenvalue weighted by molar-refractivity contribution is 6.04. The van der Waals surface area contributed by atoms with E-state index in [4.69, 9.17) is 4.74 Å². The highest BCUT2D eigenvalue weighted by atomic mass is 19.2. The van der Waals surface area contributed by atoms with Crippen LogP contribution < -0.4 is 14.8 Å². The van der Waals surface area contributed by atoms with Crippen molar-refractivity contribution >= 4 is 11.6 Å². The number of rotatable bonds is 4. The van der Waals surface area contributed by atoms with Gasteiger partial charge in [0, 0.05) is 5.69 Å². The van der Waals surface area contributed by atoms with Gasteiger partial charge in [0.25, 0.3) is 5.91 Å². The first-order chi connectivity index (χ1) is 10.5. The Hall–Kier alpha value is -2.70. The first-order valence-electron chi connectivity index (χ1n) is 6.14. The van der Waals surface area contributed by atoms with Crippen molar-refractivity contribution in [2.45, 2.75) is 0 Å². The number of carbonyl (C=O) groups is 1. The summed E-state index contributed by atoms with van der Waals surface area (Å²) in [4.78, 5) is 12.0. The molecular formula is C15H12F3NO3. The summed E-state index contributed by atoms with van der Waals surface area (Å²) in [7, 11) is 2.46. The molecule has 2 rings (SSSR count). The predicted octanol–water partition coefficient (Wildman–Crippen LogP) is 3.37. The van der Waals surface area contributed by atoms with Crippen LogP contribution in [0.4, 0.5) is 18.9 Å². The fraction of sp³-hybridized carbons (Fsp3) is 0.133. The molecule has 0 aliphatic carbocycles. The van der Waals surface area contributed by atoms with E-state index in [-0.39, 0.29) is 0 Å². The minimum atomic E-state index is -1.49. The summed E-state index contributed by atoms with van der Waals surface area (Å²) in [6.07, 6.45) is 0. The molecule has 0 saturated heterocycles. The van der Waals surface area contributed by atoms with Gasteiger partial charge in [-0.25, -0.2) is 8.78 Å². The molecule has 0 fully saturated rings. The number of hydrogen-bond donors (Lipinski definition) is 1. The molecule has 7 heteroatoms. The number of nitrogens with one attached hydrogen (secondary N) is 1.